The maximum Gasteiger partial charge on any atom is 0.335 e. The molecule has 1 N–H and O–H groups in total. The average molecular weight is 376 g/mol. The molecule has 0 bridgehead atoms. The summed E-state index contributed by atoms with van der Waals surface area (Å²) < 4.78 is 0.831. The summed E-state index contributed by atoms with van der Waals surface area (Å²) in [4.78, 5) is 16.0. The minimum Gasteiger partial charge on any atom is -0.478 e. The summed E-state index contributed by atoms with van der Waals surface area (Å²) in [7, 11) is 0. The second-order valence-corrected chi connectivity index (χ2v) is 6.55. The minimum absolute atomic E-state index is 0. The molecule has 0 amide bonds. The number of carbonyl (C=O) groups is 1. The molecule has 2 aliphatic heterocycles. The first-order valence-electron chi connectivity index (χ1n) is 7.16. The highest BCUT2D eigenvalue weighted by Crippen LogP contribution is 2.28. The van der Waals surface area contributed by atoms with Gasteiger partial charge in [0.15, 0.2) is 0 Å². The topological polar surface area (TPSA) is 43.8 Å². The van der Waals surface area contributed by atoms with E-state index in [1.807, 2.05) is 6.07 Å². The molecule has 1 aromatic carbocycles. The van der Waals surface area contributed by atoms with E-state index < -0.39 is 5.97 Å². The van der Waals surface area contributed by atoms with Crippen molar-refractivity contribution in [2.24, 2.45) is 0 Å². The van der Waals surface area contributed by atoms with Crippen molar-refractivity contribution < 1.29 is 9.90 Å². The first kappa shape index (κ1) is 16.6. The van der Waals surface area contributed by atoms with Crippen LogP contribution in [0.4, 0.5) is 5.69 Å². The summed E-state index contributed by atoms with van der Waals surface area (Å²) in [6.45, 7) is 4.46. The Morgan fingerprint density at radius 1 is 1.19 bits per heavy atom. The first-order valence-corrected chi connectivity index (χ1v) is 7.95. The number of nitrogens with zero attached hydrogens (tertiary/aromatic N) is 2. The number of likely N-dealkylation sites (tertiary alicyclic amines) is 1. The van der Waals surface area contributed by atoms with E-state index >= 15 is 0 Å². The van der Waals surface area contributed by atoms with E-state index in [2.05, 4.69) is 25.7 Å². The summed E-state index contributed by atoms with van der Waals surface area (Å²) in [6, 6.07) is 6.07. The van der Waals surface area contributed by atoms with Crippen molar-refractivity contribution >= 4 is 40.0 Å². The van der Waals surface area contributed by atoms with Crippen molar-refractivity contribution in [1.82, 2.24) is 4.90 Å². The molecule has 2 fully saturated rings. The van der Waals surface area contributed by atoms with Gasteiger partial charge in [0.25, 0.3) is 0 Å². The summed E-state index contributed by atoms with van der Waals surface area (Å²) in [6.07, 6.45) is 3.81. The number of aromatic carboxylic acids is 1. The molecule has 1 unspecified atom stereocenters. The van der Waals surface area contributed by atoms with Gasteiger partial charge in [-0.2, -0.15) is 0 Å². The molecule has 0 aromatic heterocycles. The fourth-order valence-electron chi connectivity index (χ4n) is 3.26. The number of rotatable bonds is 3. The molecule has 0 aliphatic carbocycles. The zero-order valence-corrected chi connectivity index (χ0v) is 14.2. The molecule has 2 aliphatic rings. The van der Waals surface area contributed by atoms with E-state index in [0.717, 1.165) is 23.2 Å². The molecule has 0 spiro atoms. The number of benzene rings is 1. The number of hydrogen-bond donors (Lipinski definition) is 1. The van der Waals surface area contributed by atoms with Crippen LogP contribution in [0.1, 0.15) is 29.6 Å². The number of carboxylic acid groups (broad SMARTS) is 1. The Bertz CT molecular complexity index is 520. The van der Waals surface area contributed by atoms with Gasteiger partial charge < -0.3 is 10.0 Å². The Hall–Kier alpha value is -0.780. The van der Waals surface area contributed by atoms with Crippen LogP contribution in [0.5, 0.6) is 0 Å². The second-order valence-electron chi connectivity index (χ2n) is 5.63. The minimum atomic E-state index is -0.872. The van der Waals surface area contributed by atoms with Gasteiger partial charge in [0, 0.05) is 29.3 Å². The number of hydrogen-bond acceptors (Lipinski definition) is 3. The lowest BCUT2D eigenvalue weighted by atomic mass is 10.2. The standard InChI is InChI=1S/C15H19BrN2O2.ClH/c16-12-7-11(15(19)20)8-14(9-12)18-6-3-13(10-18)17-4-1-2-5-17;/h7-9,13H,1-6,10H2,(H,19,20);1H. The molecule has 0 saturated carbocycles. The van der Waals surface area contributed by atoms with Crippen LogP contribution in [0.25, 0.3) is 0 Å². The van der Waals surface area contributed by atoms with Crippen molar-refractivity contribution in [3.05, 3.63) is 28.2 Å². The molecule has 1 aromatic rings. The maximum absolute atomic E-state index is 11.1. The normalized spacial score (nSPS) is 22.3. The lowest BCUT2D eigenvalue weighted by Crippen LogP contribution is -2.35. The number of anilines is 1. The van der Waals surface area contributed by atoms with Gasteiger partial charge in [-0.25, -0.2) is 4.79 Å². The van der Waals surface area contributed by atoms with Gasteiger partial charge in [0.2, 0.25) is 0 Å². The largest absolute Gasteiger partial charge is 0.478 e. The number of carboxylic acids is 1. The Labute approximate surface area is 139 Å². The second kappa shape index (κ2) is 6.99. The molecule has 6 heteroatoms. The van der Waals surface area contributed by atoms with Gasteiger partial charge in [-0.05, 0) is 50.6 Å². The van der Waals surface area contributed by atoms with E-state index in [9.17, 15) is 4.79 Å². The van der Waals surface area contributed by atoms with Crippen LogP contribution in [-0.2, 0) is 0 Å². The highest BCUT2D eigenvalue weighted by atomic mass is 79.9. The van der Waals surface area contributed by atoms with Gasteiger partial charge in [-0.15, -0.1) is 12.4 Å². The van der Waals surface area contributed by atoms with Crippen molar-refractivity contribution in [2.45, 2.75) is 25.3 Å². The highest BCUT2D eigenvalue weighted by molar-refractivity contribution is 9.10. The highest BCUT2D eigenvalue weighted by Gasteiger charge is 2.29. The van der Waals surface area contributed by atoms with Gasteiger partial charge in [-0.3, -0.25) is 4.90 Å². The predicted octanol–water partition coefficient (Wildman–Crippen LogP) is 3.24. The summed E-state index contributed by atoms with van der Waals surface area (Å²) in [5, 5.41) is 9.15. The molecular formula is C15H20BrClN2O2. The molecule has 21 heavy (non-hydrogen) atoms. The zero-order valence-electron chi connectivity index (χ0n) is 11.8. The Morgan fingerprint density at radius 2 is 1.90 bits per heavy atom. The third-order valence-electron chi connectivity index (χ3n) is 4.32. The molecule has 2 heterocycles. The Balaban J connectivity index is 0.00000161. The van der Waals surface area contributed by atoms with Crippen molar-refractivity contribution in [1.29, 1.82) is 0 Å². The van der Waals surface area contributed by atoms with Crippen LogP contribution in [0.15, 0.2) is 22.7 Å². The van der Waals surface area contributed by atoms with Crippen LogP contribution in [0, 0.1) is 0 Å². The molecule has 3 rings (SSSR count). The van der Waals surface area contributed by atoms with Crippen LogP contribution < -0.4 is 4.90 Å². The van der Waals surface area contributed by atoms with E-state index in [-0.39, 0.29) is 12.4 Å². The summed E-state index contributed by atoms with van der Waals surface area (Å²) in [5.41, 5.74) is 1.36. The van der Waals surface area contributed by atoms with Crippen molar-refractivity contribution in [2.75, 3.05) is 31.1 Å². The summed E-state index contributed by atoms with van der Waals surface area (Å²) in [5.74, 6) is -0.872. The van der Waals surface area contributed by atoms with Crippen LogP contribution in [0.3, 0.4) is 0 Å². The molecular weight excluding hydrogens is 356 g/mol. The fraction of sp³-hybridized carbons (Fsp3) is 0.533. The monoisotopic (exact) mass is 374 g/mol. The molecule has 2 saturated heterocycles. The zero-order chi connectivity index (χ0) is 14.1. The Morgan fingerprint density at radius 3 is 2.57 bits per heavy atom. The van der Waals surface area contributed by atoms with E-state index in [1.165, 1.54) is 32.4 Å². The molecule has 1 atom stereocenters. The molecule has 4 nitrogen and oxygen atoms in total. The van der Waals surface area contributed by atoms with Gasteiger partial charge in [-0.1, -0.05) is 15.9 Å². The van der Waals surface area contributed by atoms with Crippen LogP contribution in [-0.4, -0.2) is 48.2 Å². The maximum atomic E-state index is 11.1. The molecule has 0 radical (unpaired) electrons. The van der Waals surface area contributed by atoms with E-state index in [4.69, 9.17) is 5.11 Å². The van der Waals surface area contributed by atoms with Gasteiger partial charge in [0.1, 0.15) is 0 Å². The van der Waals surface area contributed by atoms with Crippen LogP contribution >= 0.6 is 28.3 Å². The van der Waals surface area contributed by atoms with Gasteiger partial charge in [0.05, 0.1) is 5.56 Å². The van der Waals surface area contributed by atoms with Crippen molar-refractivity contribution in [3.8, 4) is 0 Å². The van der Waals surface area contributed by atoms with E-state index in [0.29, 0.717) is 11.6 Å². The Kier molecular flexibility index (Phi) is 5.52. The third kappa shape index (κ3) is 3.71. The lowest BCUT2D eigenvalue weighted by Gasteiger charge is -2.24. The third-order valence-corrected chi connectivity index (χ3v) is 4.77. The number of halogens is 2. The smallest absolute Gasteiger partial charge is 0.335 e. The van der Waals surface area contributed by atoms with Crippen molar-refractivity contribution in [3.63, 3.8) is 0 Å². The lowest BCUT2D eigenvalue weighted by molar-refractivity contribution is 0.0697. The molecule has 116 valence electrons. The first-order chi connectivity index (χ1) is 9.63. The quantitative estimate of drug-likeness (QED) is 0.881. The van der Waals surface area contributed by atoms with Crippen LogP contribution in [0.2, 0.25) is 0 Å². The van der Waals surface area contributed by atoms with E-state index in [1.54, 1.807) is 12.1 Å². The summed E-state index contributed by atoms with van der Waals surface area (Å²) >= 11 is 3.41. The fourth-order valence-corrected chi connectivity index (χ4v) is 3.74. The average Bonchev–Trinajstić information content (AvgIpc) is 3.09. The van der Waals surface area contributed by atoms with Gasteiger partial charge >= 0.3 is 5.97 Å². The predicted molar refractivity (Wildman–Crippen MR) is 89.8 cm³/mol. The SMILES string of the molecule is Cl.O=C(O)c1cc(Br)cc(N2CCC(N3CCCC3)C2)c1.